The molecule has 5 heterocycles. The van der Waals surface area contributed by atoms with Gasteiger partial charge in [0.05, 0.1) is 11.1 Å². The quantitative estimate of drug-likeness (QED) is 0.730. The van der Waals surface area contributed by atoms with E-state index in [-0.39, 0.29) is 17.3 Å². The van der Waals surface area contributed by atoms with Crippen molar-refractivity contribution in [3.8, 4) is 11.3 Å². The van der Waals surface area contributed by atoms with Crippen molar-refractivity contribution >= 4 is 17.1 Å². The third-order valence-corrected chi connectivity index (χ3v) is 5.87. The summed E-state index contributed by atoms with van der Waals surface area (Å²) in [6.07, 6.45) is 4.98. The normalized spacial score (nSPS) is 21.3. The molecule has 1 saturated heterocycles. The Labute approximate surface area is 155 Å². The Morgan fingerprint density at radius 1 is 1.37 bits per heavy atom. The molecule has 7 nitrogen and oxygen atoms in total. The van der Waals surface area contributed by atoms with Crippen LogP contribution in [0, 0.1) is 5.82 Å². The van der Waals surface area contributed by atoms with E-state index in [1.54, 1.807) is 12.3 Å². The first kappa shape index (κ1) is 16.3. The van der Waals surface area contributed by atoms with Gasteiger partial charge in [0.2, 0.25) is 0 Å². The molecule has 0 bridgehead atoms. The maximum atomic E-state index is 13.9. The molecule has 1 fully saturated rings. The van der Waals surface area contributed by atoms with Crippen LogP contribution in [0.3, 0.4) is 0 Å². The molecular weight excluding hydrogens is 347 g/mol. The molecule has 0 aliphatic carbocycles. The summed E-state index contributed by atoms with van der Waals surface area (Å²) >= 11 is 0. The Balaban J connectivity index is 1.47. The monoisotopic (exact) mass is 368 g/mol. The first-order valence-corrected chi connectivity index (χ1v) is 9.34. The molecular formula is C19H21FN6O. The Hall–Kier alpha value is -2.90. The van der Waals surface area contributed by atoms with Gasteiger partial charge >= 0.3 is 6.03 Å². The Morgan fingerprint density at radius 2 is 2.22 bits per heavy atom. The van der Waals surface area contributed by atoms with Gasteiger partial charge in [-0.15, -0.1) is 0 Å². The molecule has 2 N–H and O–H groups in total. The number of hydrogen-bond donors (Lipinski definition) is 2. The Bertz CT molecular complexity index is 1040. The number of halogens is 1. The third kappa shape index (κ3) is 2.43. The summed E-state index contributed by atoms with van der Waals surface area (Å²) in [6.45, 7) is 4.88. The zero-order valence-electron chi connectivity index (χ0n) is 15.1. The Morgan fingerprint density at radius 3 is 3.07 bits per heavy atom. The fraction of sp³-hybridized carbons (Fsp3) is 0.421. The molecule has 1 spiro atoms. The number of carbonyl (C=O) groups is 1. The molecule has 2 aliphatic heterocycles. The van der Waals surface area contributed by atoms with E-state index in [9.17, 15) is 9.18 Å². The van der Waals surface area contributed by atoms with Crippen molar-refractivity contribution in [3.05, 3.63) is 36.0 Å². The van der Waals surface area contributed by atoms with Gasteiger partial charge in [0.25, 0.3) is 0 Å². The van der Waals surface area contributed by atoms with E-state index < -0.39 is 0 Å². The molecule has 27 heavy (non-hydrogen) atoms. The molecule has 0 aromatic carbocycles. The predicted molar refractivity (Wildman–Crippen MR) is 98.8 cm³/mol. The van der Waals surface area contributed by atoms with Crippen molar-refractivity contribution in [1.29, 1.82) is 0 Å². The summed E-state index contributed by atoms with van der Waals surface area (Å²) < 4.78 is 15.9. The number of nitrogens with zero attached hydrogens (tertiary/aromatic N) is 4. The van der Waals surface area contributed by atoms with Crippen molar-refractivity contribution in [3.63, 3.8) is 0 Å². The van der Waals surface area contributed by atoms with Gasteiger partial charge in [-0.2, -0.15) is 5.10 Å². The van der Waals surface area contributed by atoms with Gasteiger partial charge in [-0.1, -0.05) is 0 Å². The van der Waals surface area contributed by atoms with Crippen LogP contribution in [0.5, 0.6) is 0 Å². The van der Waals surface area contributed by atoms with Gasteiger partial charge in [0, 0.05) is 55.2 Å². The third-order valence-electron chi connectivity index (χ3n) is 5.87. The van der Waals surface area contributed by atoms with E-state index in [1.807, 2.05) is 16.5 Å². The van der Waals surface area contributed by atoms with Crippen LogP contribution in [0.2, 0.25) is 0 Å². The number of aryl methyl sites for hydroxylation is 1. The van der Waals surface area contributed by atoms with Gasteiger partial charge in [-0.3, -0.25) is 4.68 Å². The van der Waals surface area contributed by atoms with E-state index in [1.165, 1.54) is 11.9 Å². The number of fused-ring (bicyclic) bond motifs is 3. The lowest BCUT2D eigenvalue weighted by atomic mass is 9.82. The smallest absolute Gasteiger partial charge is 0.317 e. The van der Waals surface area contributed by atoms with E-state index in [0.717, 1.165) is 37.2 Å². The number of likely N-dealkylation sites (tertiary alicyclic amines) is 1. The summed E-state index contributed by atoms with van der Waals surface area (Å²) in [5.41, 5.74) is 3.27. The van der Waals surface area contributed by atoms with Gasteiger partial charge in [0.15, 0.2) is 0 Å². The molecule has 140 valence electrons. The summed E-state index contributed by atoms with van der Waals surface area (Å²) in [6, 6.07) is 3.88. The SMILES string of the molecule is CCNC(=O)N1CCC2(CCn3nc(-c4cnc5[nH]cc(F)c5c4)cc32)C1. The summed E-state index contributed by atoms with van der Waals surface area (Å²) in [5.74, 6) is -0.309. The van der Waals surface area contributed by atoms with Gasteiger partial charge < -0.3 is 15.2 Å². The fourth-order valence-electron chi connectivity index (χ4n) is 4.44. The van der Waals surface area contributed by atoms with Crippen LogP contribution in [-0.4, -0.2) is 50.3 Å². The highest BCUT2D eigenvalue weighted by atomic mass is 19.1. The lowest BCUT2D eigenvalue weighted by Gasteiger charge is -2.23. The highest BCUT2D eigenvalue weighted by molar-refractivity contribution is 5.81. The number of aromatic nitrogens is 4. The average molecular weight is 368 g/mol. The number of urea groups is 1. The fourth-order valence-corrected chi connectivity index (χ4v) is 4.44. The van der Waals surface area contributed by atoms with Crippen molar-refractivity contribution < 1.29 is 9.18 Å². The molecule has 1 unspecified atom stereocenters. The number of hydrogen-bond acceptors (Lipinski definition) is 3. The van der Waals surface area contributed by atoms with Gasteiger partial charge in [0.1, 0.15) is 11.5 Å². The standard InChI is InChI=1S/C19H21FN6O/c1-2-21-18(27)25-5-3-19(11-25)4-6-26-16(19)8-15(24-26)12-7-13-14(20)10-23-17(13)22-9-12/h7-10H,2-6,11H2,1H3,(H,21,27)(H,22,23). The molecule has 3 aromatic rings. The second-order valence-corrected chi connectivity index (χ2v) is 7.43. The number of aromatic amines is 1. The molecule has 1 atom stereocenters. The lowest BCUT2D eigenvalue weighted by molar-refractivity contribution is 0.206. The second kappa shape index (κ2) is 5.80. The van der Waals surface area contributed by atoms with Crippen molar-refractivity contribution in [2.45, 2.75) is 31.7 Å². The van der Waals surface area contributed by atoms with Crippen molar-refractivity contribution in [2.75, 3.05) is 19.6 Å². The molecule has 8 heteroatoms. The van der Waals surface area contributed by atoms with Crippen LogP contribution < -0.4 is 5.32 Å². The largest absolute Gasteiger partial charge is 0.343 e. The van der Waals surface area contributed by atoms with E-state index >= 15 is 0 Å². The zero-order valence-corrected chi connectivity index (χ0v) is 15.1. The number of H-pyrrole nitrogens is 1. The first-order chi connectivity index (χ1) is 13.1. The van der Waals surface area contributed by atoms with Crippen molar-refractivity contribution in [2.24, 2.45) is 0 Å². The Kier molecular flexibility index (Phi) is 3.50. The topological polar surface area (TPSA) is 78.8 Å². The minimum absolute atomic E-state index is 0.00477. The van der Waals surface area contributed by atoms with Crippen LogP contribution in [0.1, 0.15) is 25.5 Å². The molecule has 0 saturated carbocycles. The molecule has 2 amide bonds. The van der Waals surface area contributed by atoms with Crippen LogP contribution >= 0.6 is 0 Å². The minimum atomic E-state index is -0.309. The van der Waals surface area contributed by atoms with Crippen LogP contribution in [0.15, 0.2) is 24.5 Å². The number of amides is 2. The molecule has 3 aromatic heterocycles. The average Bonchev–Trinajstić information content (AvgIpc) is 3.42. The van der Waals surface area contributed by atoms with Crippen molar-refractivity contribution in [1.82, 2.24) is 30.0 Å². The maximum Gasteiger partial charge on any atom is 0.317 e. The second-order valence-electron chi connectivity index (χ2n) is 7.43. The zero-order chi connectivity index (χ0) is 18.6. The van der Waals surface area contributed by atoms with Gasteiger partial charge in [-0.25, -0.2) is 14.2 Å². The van der Waals surface area contributed by atoms with Crippen LogP contribution in [-0.2, 0) is 12.0 Å². The molecule has 2 aliphatic rings. The highest BCUT2D eigenvalue weighted by Crippen LogP contribution is 2.43. The first-order valence-electron chi connectivity index (χ1n) is 9.34. The summed E-state index contributed by atoms with van der Waals surface area (Å²) in [7, 11) is 0. The molecule has 0 radical (unpaired) electrons. The van der Waals surface area contributed by atoms with E-state index in [4.69, 9.17) is 5.10 Å². The lowest BCUT2D eigenvalue weighted by Crippen LogP contribution is -2.40. The predicted octanol–water partition coefficient (Wildman–Crippen LogP) is 2.64. The minimum Gasteiger partial charge on any atom is -0.343 e. The van der Waals surface area contributed by atoms with Crippen LogP contribution in [0.25, 0.3) is 22.3 Å². The molecule has 5 rings (SSSR count). The summed E-state index contributed by atoms with van der Waals surface area (Å²) in [4.78, 5) is 21.2. The maximum absolute atomic E-state index is 13.9. The van der Waals surface area contributed by atoms with E-state index in [0.29, 0.717) is 24.1 Å². The van der Waals surface area contributed by atoms with Gasteiger partial charge in [-0.05, 0) is 31.9 Å². The number of nitrogens with one attached hydrogen (secondary N) is 2. The summed E-state index contributed by atoms with van der Waals surface area (Å²) in [5, 5.41) is 8.09. The number of rotatable bonds is 2. The highest BCUT2D eigenvalue weighted by Gasteiger charge is 2.46. The van der Waals surface area contributed by atoms with E-state index in [2.05, 4.69) is 21.4 Å². The number of carbonyl (C=O) groups excluding carboxylic acids is 1. The van der Waals surface area contributed by atoms with Crippen LogP contribution in [0.4, 0.5) is 9.18 Å². The number of pyridine rings is 1.